The van der Waals surface area contributed by atoms with Crippen LogP contribution in [0.3, 0.4) is 0 Å². The monoisotopic (exact) mass is 245 g/mol. The lowest BCUT2D eigenvalue weighted by molar-refractivity contribution is 0.101. The lowest BCUT2D eigenvalue weighted by atomic mass is 10.1. The van der Waals surface area contributed by atoms with Gasteiger partial charge in [-0.05, 0) is 36.4 Å². The zero-order valence-electron chi connectivity index (χ0n) is 9.19. The summed E-state index contributed by atoms with van der Waals surface area (Å²) in [7, 11) is 0. The molecular formula is C14H12ClNO. The van der Waals surface area contributed by atoms with Crippen LogP contribution in [0.15, 0.2) is 54.6 Å². The first-order valence-corrected chi connectivity index (χ1v) is 5.71. The normalized spacial score (nSPS) is 9.94. The first-order valence-electron chi connectivity index (χ1n) is 5.33. The molecule has 0 saturated heterocycles. The highest BCUT2D eigenvalue weighted by atomic mass is 35.5. The first-order chi connectivity index (χ1) is 8.25. The quantitative estimate of drug-likeness (QED) is 0.834. The maximum atomic E-state index is 11.8. The Labute approximate surface area is 105 Å². The number of hydrogen-bond acceptors (Lipinski definition) is 2. The summed E-state index contributed by atoms with van der Waals surface area (Å²) in [6, 6.07) is 16.5. The summed E-state index contributed by atoms with van der Waals surface area (Å²) in [5, 5.41) is 3.71. The van der Waals surface area contributed by atoms with E-state index in [0.29, 0.717) is 10.6 Å². The van der Waals surface area contributed by atoms with Gasteiger partial charge in [-0.15, -0.1) is 0 Å². The molecule has 0 fully saturated rings. The summed E-state index contributed by atoms with van der Waals surface area (Å²) in [5.41, 5.74) is 1.60. The van der Waals surface area contributed by atoms with Crippen molar-refractivity contribution in [2.24, 2.45) is 0 Å². The Morgan fingerprint density at radius 1 is 1.00 bits per heavy atom. The van der Waals surface area contributed by atoms with Crippen molar-refractivity contribution in [3.05, 3.63) is 65.2 Å². The number of anilines is 1. The number of nitrogens with one attached hydrogen (secondary N) is 1. The van der Waals surface area contributed by atoms with E-state index >= 15 is 0 Å². The highest BCUT2D eigenvalue weighted by Gasteiger charge is 2.04. The number of hydrogen-bond donors (Lipinski definition) is 1. The fraction of sp³-hybridized carbons (Fsp3) is 0.0714. The molecule has 0 aliphatic heterocycles. The van der Waals surface area contributed by atoms with E-state index in [0.717, 1.165) is 5.69 Å². The molecule has 1 N–H and O–H groups in total. The summed E-state index contributed by atoms with van der Waals surface area (Å²) in [6.45, 7) is 0.283. The number of para-hydroxylation sites is 1. The smallest absolute Gasteiger partial charge is 0.181 e. The summed E-state index contributed by atoms with van der Waals surface area (Å²) in [6.07, 6.45) is 0. The molecule has 2 aromatic carbocycles. The van der Waals surface area contributed by atoms with Gasteiger partial charge in [0.1, 0.15) is 0 Å². The largest absolute Gasteiger partial charge is 0.378 e. The molecule has 0 bridgehead atoms. The molecule has 2 aromatic rings. The van der Waals surface area contributed by atoms with E-state index < -0.39 is 0 Å². The predicted molar refractivity (Wildman–Crippen MR) is 70.7 cm³/mol. The van der Waals surface area contributed by atoms with Crippen LogP contribution < -0.4 is 5.32 Å². The number of Topliss-reactive ketones (excluding diaryl/α,β-unsaturated/α-hetero) is 1. The lowest BCUT2D eigenvalue weighted by Gasteiger charge is -2.05. The molecule has 0 amide bonds. The minimum atomic E-state index is 0.0468. The van der Waals surface area contributed by atoms with Crippen LogP contribution in [0.1, 0.15) is 10.4 Å². The molecule has 0 aromatic heterocycles. The number of rotatable bonds is 4. The number of carbonyl (C=O) groups excluding carboxylic acids is 1. The van der Waals surface area contributed by atoms with E-state index in [-0.39, 0.29) is 12.3 Å². The van der Waals surface area contributed by atoms with Gasteiger partial charge < -0.3 is 5.32 Å². The zero-order chi connectivity index (χ0) is 12.1. The van der Waals surface area contributed by atoms with Gasteiger partial charge in [0.25, 0.3) is 0 Å². The number of carbonyl (C=O) groups is 1. The number of benzene rings is 2. The van der Waals surface area contributed by atoms with E-state index in [1.807, 2.05) is 30.3 Å². The van der Waals surface area contributed by atoms with Crippen LogP contribution >= 0.6 is 11.6 Å². The fourth-order valence-electron chi connectivity index (χ4n) is 1.48. The molecule has 3 heteroatoms. The highest BCUT2D eigenvalue weighted by molar-refractivity contribution is 6.30. The minimum absolute atomic E-state index is 0.0468. The van der Waals surface area contributed by atoms with Gasteiger partial charge in [-0.25, -0.2) is 0 Å². The molecule has 0 saturated carbocycles. The van der Waals surface area contributed by atoms with Crippen LogP contribution in [0.2, 0.25) is 5.02 Å². The molecule has 17 heavy (non-hydrogen) atoms. The van der Waals surface area contributed by atoms with Crippen molar-refractivity contribution < 1.29 is 4.79 Å². The molecule has 0 aliphatic rings. The maximum absolute atomic E-state index is 11.8. The second kappa shape index (κ2) is 5.51. The molecule has 86 valence electrons. The van der Waals surface area contributed by atoms with E-state index in [1.165, 1.54) is 0 Å². The Balaban J connectivity index is 1.96. The van der Waals surface area contributed by atoms with E-state index in [2.05, 4.69) is 5.32 Å². The van der Waals surface area contributed by atoms with Crippen molar-refractivity contribution in [1.29, 1.82) is 0 Å². The van der Waals surface area contributed by atoms with E-state index in [1.54, 1.807) is 24.3 Å². The van der Waals surface area contributed by atoms with Gasteiger partial charge in [-0.1, -0.05) is 29.8 Å². The summed E-state index contributed by atoms with van der Waals surface area (Å²) < 4.78 is 0. The third-order valence-corrected chi connectivity index (χ3v) is 2.65. The zero-order valence-corrected chi connectivity index (χ0v) is 9.95. The van der Waals surface area contributed by atoms with Crippen LogP contribution in [0.5, 0.6) is 0 Å². The summed E-state index contributed by atoms with van der Waals surface area (Å²) in [4.78, 5) is 11.8. The topological polar surface area (TPSA) is 29.1 Å². The van der Waals surface area contributed by atoms with Crippen molar-refractivity contribution >= 4 is 23.1 Å². The van der Waals surface area contributed by atoms with Crippen molar-refractivity contribution in [2.75, 3.05) is 11.9 Å². The molecule has 0 aliphatic carbocycles. The molecule has 0 heterocycles. The molecule has 0 spiro atoms. The number of halogens is 1. The highest BCUT2D eigenvalue weighted by Crippen LogP contribution is 2.11. The predicted octanol–water partition coefficient (Wildman–Crippen LogP) is 3.63. The van der Waals surface area contributed by atoms with Gasteiger partial charge in [0.15, 0.2) is 5.78 Å². The third kappa shape index (κ3) is 3.33. The second-order valence-electron chi connectivity index (χ2n) is 3.65. The standard InChI is InChI=1S/C14H12ClNO/c15-12-8-6-11(7-9-12)14(17)10-16-13-4-2-1-3-5-13/h1-9,16H,10H2. The van der Waals surface area contributed by atoms with Crippen molar-refractivity contribution in [1.82, 2.24) is 0 Å². The maximum Gasteiger partial charge on any atom is 0.181 e. The Morgan fingerprint density at radius 2 is 1.65 bits per heavy atom. The van der Waals surface area contributed by atoms with E-state index in [4.69, 9.17) is 11.6 Å². The minimum Gasteiger partial charge on any atom is -0.378 e. The fourth-order valence-corrected chi connectivity index (χ4v) is 1.60. The Kier molecular flexibility index (Phi) is 3.78. The molecule has 0 unspecified atom stereocenters. The first kappa shape index (κ1) is 11.7. The van der Waals surface area contributed by atoms with Crippen LogP contribution in [0.25, 0.3) is 0 Å². The van der Waals surface area contributed by atoms with Crippen molar-refractivity contribution in [2.45, 2.75) is 0 Å². The molecule has 2 nitrogen and oxygen atoms in total. The van der Waals surface area contributed by atoms with Gasteiger partial charge in [0.2, 0.25) is 0 Å². The van der Waals surface area contributed by atoms with Crippen LogP contribution in [0, 0.1) is 0 Å². The van der Waals surface area contributed by atoms with E-state index in [9.17, 15) is 4.79 Å². The van der Waals surface area contributed by atoms with Gasteiger partial charge >= 0.3 is 0 Å². The second-order valence-corrected chi connectivity index (χ2v) is 4.09. The van der Waals surface area contributed by atoms with Crippen LogP contribution in [0.4, 0.5) is 5.69 Å². The average molecular weight is 246 g/mol. The Bertz CT molecular complexity index is 493. The van der Waals surface area contributed by atoms with Crippen LogP contribution in [-0.4, -0.2) is 12.3 Å². The van der Waals surface area contributed by atoms with Crippen molar-refractivity contribution in [3.63, 3.8) is 0 Å². The van der Waals surface area contributed by atoms with Gasteiger partial charge in [-0.3, -0.25) is 4.79 Å². The Hall–Kier alpha value is -1.80. The van der Waals surface area contributed by atoms with Gasteiger partial charge in [-0.2, -0.15) is 0 Å². The van der Waals surface area contributed by atoms with Gasteiger partial charge in [0, 0.05) is 16.3 Å². The molecule has 0 atom stereocenters. The third-order valence-electron chi connectivity index (χ3n) is 2.39. The van der Waals surface area contributed by atoms with Crippen molar-refractivity contribution in [3.8, 4) is 0 Å². The summed E-state index contributed by atoms with van der Waals surface area (Å²) >= 11 is 5.76. The molecule has 2 rings (SSSR count). The molecular weight excluding hydrogens is 234 g/mol. The average Bonchev–Trinajstić information content (AvgIpc) is 2.38. The Morgan fingerprint density at radius 3 is 2.29 bits per heavy atom. The number of ketones is 1. The SMILES string of the molecule is O=C(CNc1ccccc1)c1ccc(Cl)cc1. The lowest BCUT2D eigenvalue weighted by Crippen LogP contribution is -2.13. The summed E-state index contributed by atoms with van der Waals surface area (Å²) in [5.74, 6) is 0.0468. The van der Waals surface area contributed by atoms with Crippen LogP contribution in [-0.2, 0) is 0 Å². The van der Waals surface area contributed by atoms with Gasteiger partial charge in [0.05, 0.1) is 6.54 Å². The molecule has 0 radical (unpaired) electrons.